The summed E-state index contributed by atoms with van der Waals surface area (Å²) >= 11 is 0. The first-order valence-corrected chi connectivity index (χ1v) is 9.06. The number of rotatable bonds is 7. The summed E-state index contributed by atoms with van der Waals surface area (Å²) < 4.78 is 11.0. The van der Waals surface area contributed by atoms with E-state index in [0.717, 1.165) is 30.2 Å². The van der Waals surface area contributed by atoms with E-state index >= 15 is 0 Å². The number of ether oxygens (including phenoxy) is 1. The molecule has 0 bridgehead atoms. The van der Waals surface area contributed by atoms with Crippen molar-refractivity contribution in [2.75, 3.05) is 26.7 Å². The van der Waals surface area contributed by atoms with Gasteiger partial charge in [-0.05, 0) is 57.1 Å². The largest absolute Gasteiger partial charge is 0.496 e. The number of furan rings is 1. The Bertz CT molecular complexity index is 760. The van der Waals surface area contributed by atoms with Gasteiger partial charge in [-0.25, -0.2) is 0 Å². The van der Waals surface area contributed by atoms with Gasteiger partial charge in [0.25, 0.3) is 0 Å². The van der Waals surface area contributed by atoms with Crippen LogP contribution in [0.15, 0.2) is 46.9 Å². The van der Waals surface area contributed by atoms with Gasteiger partial charge in [0.15, 0.2) is 0 Å². The molecule has 1 aliphatic heterocycles. The molecule has 0 spiro atoms. The van der Waals surface area contributed by atoms with Crippen molar-refractivity contribution in [3.8, 4) is 5.75 Å². The third-order valence-corrected chi connectivity index (χ3v) is 4.71. The number of para-hydroxylation sites is 1. The third-order valence-electron chi connectivity index (χ3n) is 4.71. The second-order valence-corrected chi connectivity index (χ2v) is 6.53. The average molecular weight is 354 g/mol. The van der Waals surface area contributed by atoms with E-state index < -0.39 is 0 Å². The highest BCUT2D eigenvalue weighted by Crippen LogP contribution is 2.31. The zero-order chi connectivity index (χ0) is 18.4. The summed E-state index contributed by atoms with van der Waals surface area (Å²) in [6.45, 7) is 4.51. The number of aryl methyl sites for hydroxylation is 1. The highest BCUT2D eigenvalue weighted by atomic mass is 16.5. The standard InChI is InChI=1S/C21H26N2O3/c1-16-9-10-17(26-16)11-12-21(24)22-15-19(23-13-5-6-14-23)18-7-3-4-8-20(18)25-2/h3-4,7-12,19H,5-6,13-15H2,1-2H3,(H,22,24)/b12-11+. The SMILES string of the molecule is COc1ccccc1C(CNC(=O)/C=C/c1ccc(C)o1)N1CCCC1. The van der Waals surface area contributed by atoms with Gasteiger partial charge >= 0.3 is 0 Å². The van der Waals surface area contributed by atoms with Gasteiger partial charge in [0.2, 0.25) is 5.91 Å². The Kier molecular flexibility index (Phi) is 6.12. The van der Waals surface area contributed by atoms with Gasteiger partial charge in [-0.3, -0.25) is 9.69 Å². The molecule has 1 atom stereocenters. The Labute approximate surface area is 154 Å². The van der Waals surface area contributed by atoms with Gasteiger partial charge in [-0.1, -0.05) is 18.2 Å². The van der Waals surface area contributed by atoms with Gasteiger partial charge in [0, 0.05) is 18.2 Å². The van der Waals surface area contributed by atoms with E-state index in [2.05, 4.69) is 16.3 Å². The maximum absolute atomic E-state index is 12.2. The van der Waals surface area contributed by atoms with Crippen LogP contribution in [0.1, 0.15) is 36.0 Å². The van der Waals surface area contributed by atoms with Crippen LogP contribution in [0, 0.1) is 6.92 Å². The van der Waals surface area contributed by atoms with Gasteiger partial charge in [-0.15, -0.1) is 0 Å². The van der Waals surface area contributed by atoms with Gasteiger partial charge in [-0.2, -0.15) is 0 Å². The van der Waals surface area contributed by atoms with Crippen LogP contribution in [0.4, 0.5) is 0 Å². The first kappa shape index (κ1) is 18.3. The minimum atomic E-state index is -0.127. The number of carbonyl (C=O) groups is 1. The summed E-state index contributed by atoms with van der Waals surface area (Å²) in [6, 6.07) is 11.9. The Balaban J connectivity index is 1.68. The molecule has 0 radical (unpaired) electrons. The molecular formula is C21H26N2O3. The predicted octanol–water partition coefficient (Wildman–Crippen LogP) is 3.56. The van der Waals surface area contributed by atoms with Crippen molar-refractivity contribution in [3.63, 3.8) is 0 Å². The first-order chi connectivity index (χ1) is 12.7. The Morgan fingerprint density at radius 2 is 2.04 bits per heavy atom. The average Bonchev–Trinajstić information content (AvgIpc) is 3.32. The fraction of sp³-hybridized carbons (Fsp3) is 0.381. The molecule has 5 nitrogen and oxygen atoms in total. The molecule has 1 amide bonds. The van der Waals surface area contributed by atoms with Crippen molar-refractivity contribution in [2.45, 2.75) is 25.8 Å². The number of carbonyl (C=O) groups excluding carboxylic acids is 1. The molecule has 2 heterocycles. The highest BCUT2D eigenvalue weighted by Gasteiger charge is 2.25. The third kappa shape index (κ3) is 4.55. The van der Waals surface area contributed by atoms with Crippen LogP contribution in [-0.2, 0) is 4.79 Å². The fourth-order valence-corrected chi connectivity index (χ4v) is 3.39. The van der Waals surface area contributed by atoms with Crippen LogP contribution >= 0.6 is 0 Å². The van der Waals surface area contributed by atoms with Crippen LogP contribution in [0.2, 0.25) is 0 Å². The number of methoxy groups -OCH3 is 1. The van der Waals surface area contributed by atoms with Crippen LogP contribution < -0.4 is 10.1 Å². The van der Waals surface area contributed by atoms with E-state index in [1.165, 1.54) is 18.9 Å². The lowest BCUT2D eigenvalue weighted by Gasteiger charge is -2.29. The van der Waals surface area contributed by atoms with E-state index in [1.54, 1.807) is 13.2 Å². The maximum atomic E-state index is 12.2. The number of hydrogen-bond donors (Lipinski definition) is 1. The molecule has 1 saturated heterocycles. The summed E-state index contributed by atoms with van der Waals surface area (Å²) in [6.07, 6.45) is 5.59. The number of benzene rings is 1. The number of likely N-dealkylation sites (tertiary alicyclic amines) is 1. The second kappa shape index (κ2) is 8.72. The Morgan fingerprint density at radius 1 is 1.27 bits per heavy atom. The smallest absolute Gasteiger partial charge is 0.244 e. The minimum Gasteiger partial charge on any atom is -0.496 e. The molecule has 3 rings (SSSR count). The zero-order valence-electron chi connectivity index (χ0n) is 15.4. The Morgan fingerprint density at radius 3 is 2.73 bits per heavy atom. The number of amides is 1. The van der Waals surface area contributed by atoms with Crippen molar-refractivity contribution in [1.82, 2.24) is 10.2 Å². The summed E-state index contributed by atoms with van der Waals surface area (Å²) in [5, 5.41) is 3.02. The zero-order valence-corrected chi connectivity index (χ0v) is 15.4. The van der Waals surface area contributed by atoms with Crippen LogP contribution in [0.25, 0.3) is 6.08 Å². The van der Waals surface area contributed by atoms with Crippen LogP contribution in [0.3, 0.4) is 0 Å². The molecule has 5 heteroatoms. The fourth-order valence-electron chi connectivity index (χ4n) is 3.39. The van der Waals surface area contributed by atoms with Crippen molar-refractivity contribution in [3.05, 3.63) is 59.6 Å². The van der Waals surface area contributed by atoms with E-state index in [-0.39, 0.29) is 11.9 Å². The summed E-state index contributed by atoms with van der Waals surface area (Å²) in [5.74, 6) is 2.24. The maximum Gasteiger partial charge on any atom is 0.244 e. The quantitative estimate of drug-likeness (QED) is 0.773. The van der Waals surface area contributed by atoms with E-state index in [0.29, 0.717) is 12.3 Å². The number of nitrogens with zero attached hydrogens (tertiary/aromatic N) is 1. The molecule has 1 aliphatic rings. The number of hydrogen-bond acceptors (Lipinski definition) is 4. The molecule has 0 aliphatic carbocycles. The molecule has 1 fully saturated rings. The lowest BCUT2D eigenvalue weighted by atomic mass is 10.0. The monoisotopic (exact) mass is 354 g/mol. The molecule has 1 N–H and O–H groups in total. The first-order valence-electron chi connectivity index (χ1n) is 9.06. The molecule has 2 aromatic rings. The summed E-state index contributed by atoms with van der Waals surface area (Å²) in [7, 11) is 1.69. The van der Waals surface area contributed by atoms with Crippen molar-refractivity contribution in [2.24, 2.45) is 0 Å². The van der Waals surface area contributed by atoms with Crippen molar-refractivity contribution >= 4 is 12.0 Å². The minimum absolute atomic E-state index is 0.108. The van der Waals surface area contributed by atoms with Crippen LogP contribution in [-0.4, -0.2) is 37.6 Å². The summed E-state index contributed by atoms with van der Waals surface area (Å²) in [4.78, 5) is 14.7. The van der Waals surface area contributed by atoms with Crippen LogP contribution in [0.5, 0.6) is 5.75 Å². The van der Waals surface area contributed by atoms with Gasteiger partial charge < -0.3 is 14.5 Å². The molecular weight excluding hydrogens is 328 g/mol. The van der Waals surface area contributed by atoms with Crippen molar-refractivity contribution < 1.29 is 13.9 Å². The van der Waals surface area contributed by atoms with E-state index in [9.17, 15) is 4.79 Å². The predicted molar refractivity (Wildman–Crippen MR) is 102 cm³/mol. The molecule has 1 aromatic carbocycles. The van der Waals surface area contributed by atoms with Gasteiger partial charge in [0.05, 0.1) is 13.2 Å². The topological polar surface area (TPSA) is 54.7 Å². The lowest BCUT2D eigenvalue weighted by molar-refractivity contribution is -0.116. The second-order valence-electron chi connectivity index (χ2n) is 6.53. The molecule has 138 valence electrons. The summed E-state index contributed by atoms with van der Waals surface area (Å²) in [5.41, 5.74) is 1.11. The van der Waals surface area contributed by atoms with E-state index in [4.69, 9.17) is 9.15 Å². The molecule has 1 aromatic heterocycles. The molecule has 0 saturated carbocycles. The Hall–Kier alpha value is -2.53. The van der Waals surface area contributed by atoms with Crippen molar-refractivity contribution in [1.29, 1.82) is 0 Å². The lowest BCUT2D eigenvalue weighted by Crippen LogP contribution is -2.36. The highest BCUT2D eigenvalue weighted by molar-refractivity contribution is 5.91. The van der Waals surface area contributed by atoms with E-state index in [1.807, 2.05) is 37.3 Å². The normalized spacial score (nSPS) is 16.1. The molecule has 26 heavy (non-hydrogen) atoms. The van der Waals surface area contributed by atoms with Gasteiger partial charge in [0.1, 0.15) is 17.3 Å². The number of nitrogens with one attached hydrogen (secondary N) is 1. The molecule has 1 unspecified atom stereocenters.